The molecule has 1 aromatic carbocycles. The Balaban J connectivity index is 2.21. The fraction of sp³-hybridized carbons (Fsp3) is 0.312. The molecule has 2 aromatic rings. The number of rotatable bonds is 5. The Bertz CT molecular complexity index is 835. The van der Waals surface area contributed by atoms with Crippen LogP contribution in [0.25, 0.3) is 0 Å². The van der Waals surface area contributed by atoms with Crippen molar-refractivity contribution in [3.8, 4) is 6.07 Å². The van der Waals surface area contributed by atoms with Gasteiger partial charge >= 0.3 is 6.18 Å². The van der Waals surface area contributed by atoms with E-state index in [1.165, 1.54) is 19.1 Å². The maximum absolute atomic E-state index is 12.9. The zero-order valence-corrected chi connectivity index (χ0v) is 13.0. The highest BCUT2D eigenvalue weighted by molar-refractivity contribution is 5.88. The van der Waals surface area contributed by atoms with Crippen LogP contribution >= 0.6 is 0 Å². The van der Waals surface area contributed by atoms with Gasteiger partial charge in [0.1, 0.15) is 5.60 Å². The molecule has 0 saturated heterocycles. The zero-order chi connectivity index (χ0) is 18.8. The summed E-state index contributed by atoms with van der Waals surface area (Å²) < 4.78 is 52.7. The first-order valence-electron chi connectivity index (χ1n) is 7.07. The molecule has 1 atom stereocenters. The molecule has 25 heavy (non-hydrogen) atoms. The second-order valence-electron chi connectivity index (χ2n) is 5.72. The summed E-state index contributed by atoms with van der Waals surface area (Å²) in [5.74, 6) is -1.41. The molecule has 0 saturated carbocycles. The van der Waals surface area contributed by atoms with Gasteiger partial charge in [0, 0.05) is 6.42 Å². The Kier molecular flexibility index (Phi) is 4.94. The van der Waals surface area contributed by atoms with Crippen LogP contribution in [0.3, 0.4) is 0 Å². The number of nitrogens with zero attached hydrogens (tertiary/aromatic N) is 3. The van der Waals surface area contributed by atoms with E-state index < -0.39 is 40.9 Å². The first kappa shape index (κ1) is 18.6. The van der Waals surface area contributed by atoms with E-state index in [1.54, 1.807) is 0 Å². The van der Waals surface area contributed by atoms with Crippen LogP contribution in [0.2, 0.25) is 0 Å². The summed E-state index contributed by atoms with van der Waals surface area (Å²) in [5.41, 5.74) is -3.65. The first-order valence-corrected chi connectivity index (χ1v) is 7.07. The molecule has 1 N–H and O–H groups in total. The van der Waals surface area contributed by atoms with Crippen molar-refractivity contribution in [1.82, 2.24) is 9.78 Å². The van der Waals surface area contributed by atoms with Gasteiger partial charge in [-0.15, -0.1) is 0 Å². The molecule has 1 heterocycles. The minimum Gasteiger partial charge on any atom is -0.380 e. The number of Topliss-reactive ketones (excluding diaryl/α,β-unsaturated/α-hetero) is 1. The largest absolute Gasteiger partial charge is 0.417 e. The Morgan fingerprint density at radius 1 is 1.40 bits per heavy atom. The monoisotopic (exact) mass is 355 g/mol. The number of carbonyl (C=O) groups excluding carboxylic acids is 1. The maximum atomic E-state index is 12.9. The van der Waals surface area contributed by atoms with Crippen LogP contribution in [-0.4, -0.2) is 26.3 Å². The van der Waals surface area contributed by atoms with Gasteiger partial charge in [-0.3, -0.25) is 9.48 Å². The summed E-state index contributed by atoms with van der Waals surface area (Å²) in [4.78, 5) is 12.2. The third-order valence-corrected chi connectivity index (χ3v) is 3.55. The number of hydrogen-bond acceptors (Lipinski definition) is 4. The van der Waals surface area contributed by atoms with Crippen LogP contribution in [0.5, 0.6) is 0 Å². The van der Waals surface area contributed by atoms with Crippen molar-refractivity contribution in [3.05, 3.63) is 53.1 Å². The van der Waals surface area contributed by atoms with Gasteiger partial charge in [0.05, 0.1) is 36.1 Å². The van der Waals surface area contributed by atoms with E-state index in [2.05, 4.69) is 5.10 Å². The minimum atomic E-state index is -4.74. The average Bonchev–Trinajstić information content (AvgIpc) is 2.90. The highest BCUT2D eigenvalue weighted by Gasteiger charge is 2.35. The molecule has 2 rings (SSSR count). The van der Waals surface area contributed by atoms with E-state index in [1.807, 2.05) is 0 Å². The molecule has 132 valence electrons. The topological polar surface area (TPSA) is 78.9 Å². The fourth-order valence-corrected chi connectivity index (χ4v) is 2.24. The van der Waals surface area contributed by atoms with Crippen LogP contribution in [-0.2, 0) is 23.9 Å². The van der Waals surface area contributed by atoms with Crippen molar-refractivity contribution >= 4 is 5.78 Å². The number of aromatic nitrogens is 2. The number of ketones is 1. The summed E-state index contributed by atoms with van der Waals surface area (Å²) in [6, 6.07) is 4.35. The Labute approximate surface area is 140 Å². The minimum absolute atomic E-state index is 0.00301. The highest BCUT2D eigenvalue weighted by atomic mass is 19.4. The number of nitriles is 1. The molecule has 5 nitrogen and oxygen atoms in total. The molecule has 0 radical (unpaired) electrons. The normalized spacial score (nSPS) is 14.0. The smallest absolute Gasteiger partial charge is 0.380 e. The average molecular weight is 355 g/mol. The quantitative estimate of drug-likeness (QED) is 0.836. The lowest BCUT2D eigenvalue weighted by Gasteiger charge is -2.22. The third-order valence-electron chi connectivity index (χ3n) is 3.55. The van der Waals surface area contributed by atoms with Crippen LogP contribution in [0.4, 0.5) is 17.6 Å². The number of aliphatic hydroxyl groups is 1. The van der Waals surface area contributed by atoms with E-state index >= 15 is 0 Å². The van der Waals surface area contributed by atoms with Crippen LogP contribution in [0.15, 0.2) is 30.6 Å². The van der Waals surface area contributed by atoms with Gasteiger partial charge in [-0.1, -0.05) is 6.07 Å². The number of halogens is 4. The molecule has 0 amide bonds. The Morgan fingerprint density at radius 2 is 2.08 bits per heavy atom. The molecule has 0 aliphatic rings. The van der Waals surface area contributed by atoms with Crippen molar-refractivity contribution in [2.24, 2.45) is 0 Å². The van der Waals surface area contributed by atoms with Gasteiger partial charge in [0.2, 0.25) is 0 Å². The molecule has 9 heteroatoms. The predicted molar refractivity (Wildman–Crippen MR) is 77.7 cm³/mol. The maximum Gasteiger partial charge on any atom is 0.417 e. The summed E-state index contributed by atoms with van der Waals surface area (Å²) >= 11 is 0. The molecule has 0 unspecified atom stereocenters. The summed E-state index contributed by atoms with van der Waals surface area (Å²) in [7, 11) is 0. The lowest BCUT2D eigenvalue weighted by atomic mass is 9.93. The van der Waals surface area contributed by atoms with E-state index in [9.17, 15) is 27.5 Å². The lowest BCUT2D eigenvalue weighted by Crippen LogP contribution is -2.41. The molecular formula is C16H13F4N3O2. The summed E-state index contributed by atoms with van der Waals surface area (Å²) in [5, 5.41) is 22.6. The van der Waals surface area contributed by atoms with Crippen LogP contribution in [0.1, 0.15) is 23.6 Å². The van der Waals surface area contributed by atoms with E-state index in [4.69, 9.17) is 5.26 Å². The molecule has 0 aliphatic carbocycles. The van der Waals surface area contributed by atoms with Crippen molar-refractivity contribution in [3.63, 3.8) is 0 Å². The van der Waals surface area contributed by atoms with Crippen molar-refractivity contribution < 1.29 is 27.5 Å². The second kappa shape index (κ2) is 6.64. The lowest BCUT2D eigenvalue weighted by molar-refractivity contribution is -0.138. The number of benzene rings is 1. The molecule has 0 fully saturated rings. The van der Waals surface area contributed by atoms with Gasteiger partial charge in [0.25, 0.3) is 0 Å². The highest BCUT2D eigenvalue weighted by Crippen LogP contribution is 2.32. The van der Waals surface area contributed by atoms with E-state index in [-0.39, 0.29) is 12.1 Å². The number of hydrogen-bond donors (Lipinski definition) is 1. The van der Waals surface area contributed by atoms with Gasteiger partial charge in [0.15, 0.2) is 11.6 Å². The van der Waals surface area contributed by atoms with Crippen molar-refractivity contribution in [1.29, 1.82) is 5.26 Å². The van der Waals surface area contributed by atoms with Gasteiger partial charge in [-0.25, -0.2) is 4.39 Å². The SMILES string of the molecule is C[C@](O)(Cn1cc(F)cn1)C(=O)Cc1ccc(C#N)c(C(F)(F)F)c1. The zero-order valence-electron chi connectivity index (χ0n) is 13.0. The van der Waals surface area contributed by atoms with E-state index in [0.717, 1.165) is 23.1 Å². The van der Waals surface area contributed by atoms with Gasteiger partial charge in [-0.2, -0.15) is 23.5 Å². The van der Waals surface area contributed by atoms with Crippen molar-refractivity contribution in [2.75, 3.05) is 0 Å². The van der Waals surface area contributed by atoms with Crippen molar-refractivity contribution in [2.45, 2.75) is 31.7 Å². The molecule has 1 aromatic heterocycles. The molecule has 0 bridgehead atoms. The molecule has 0 aliphatic heterocycles. The van der Waals surface area contributed by atoms with E-state index in [0.29, 0.717) is 6.07 Å². The number of alkyl halides is 3. The van der Waals surface area contributed by atoms with Crippen LogP contribution < -0.4 is 0 Å². The van der Waals surface area contributed by atoms with Gasteiger partial charge < -0.3 is 5.11 Å². The first-order chi connectivity index (χ1) is 11.5. The van der Waals surface area contributed by atoms with Gasteiger partial charge in [-0.05, 0) is 24.6 Å². The number of carbonyl (C=O) groups is 1. The second-order valence-corrected chi connectivity index (χ2v) is 5.72. The van der Waals surface area contributed by atoms with Crippen LogP contribution in [0, 0.1) is 17.1 Å². The molecular weight excluding hydrogens is 342 g/mol. The third kappa shape index (κ3) is 4.42. The molecule has 0 spiro atoms. The summed E-state index contributed by atoms with van der Waals surface area (Å²) in [6.07, 6.45) is -3.34. The fourth-order valence-electron chi connectivity index (χ4n) is 2.24. The Morgan fingerprint density at radius 3 is 2.60 bits per heavy atom. The predicted octanol–water partition coefficient (Wildman–Crippen LogP) is 2.48. The summed E-state index contributed by atoms with van der Waals surface area (Å²) in [6.45, 7) is 0.821. The Hall–Kier alpha value is -2.73. The standard InChI is InChI=1S/C16H13F4N3O2/c1-15(25,9-23-8-12(17)7-22-23)14(24)5-10-2-3-11(6-21)13(4-10)16(18,19)20/h2-4,7-8,25H,5,9H2,1H3/t15-/m0/s1.